The van der Waals surface area contributed by atoms with Crippen LogP contribution in [0.2, 0.25) is 0 Å². The van der Waals surface area contributed by atoms with E-state index in [1.165, 1.54) is 24.3 Å². The molecule has 2 unspecified atom stereocenters. The first kappa shape index (κ1) is 22.5. The van der Waals surface area contributed by atoms with Crippen LogP contribution in [0.15, 0.2) is 36.5 Å². The summed E-state index contributed by atoms with van der Waals surface area (Å²) in [6, 6.07) is 7.76. The van der Waals surface area contributed by atoms with Crippen molar-refractivity contribution in [3.8, 4) is 5.75 Å². The number of nitrogens with zero attached hydrogens (tertiary/aromatic N) is 5. The highest BCUT2D eigenvalue weighted by Gasteiger charge is 2.31. The molecule has 180 valence electrons. The summed E-state index contributed by atoms with van der Waals surface area (Å²) >= 11 is 0. The molecule has 5 rings (SSSR count). The van der Waals surface area contributed by atoms with Crippen LogP contribution in [0.25, 0.3) is 5.65 Å². The second kappa shape index (κ2) is 9.17. The van der Waals surface area contributed by atoms with Gasteiger partial charge >= 0.3 is 6.61 Å². The molecule has 0 bridgehead atoms. The van der Waals surface area contributed by atoms with E-state index in [2.05, 4.69) is 9.64 Å². The summed E-state index contributed by atoms with van der Waals surface area (Å²) in [6.07, 6.45) is 5.62. The summed E-state index contributed by atoms with van der Waals surface area (Å²) < 4.78 is 31.0. The molecule has 0 saturated carbocycles. The molecular formula is C24H28F2N6O2. The van der Waals surface area contributed by atoms with Crippen molar-refractivity contribution in [1.82, 2.24) is 19.5 Å². The number of carbonyl (C=O) groups excluding carboxylic acids is 1. The Hall–Kier alpha value is -3.27. The van der Waals surface area contributed by atoms with Gasteiger partial charge in [-0.25, -0.2) is 9.50 Å². The molecule has 1 aromatic carbocycles. The van der Waals surface area contributed by atoms with E-state index < -0.39 is 6.61 Å². The number of rotatable bonds is 5. The van der Waals surface area contributed by atoms with Gasteiger partial charge in [0.05, 0.1) is 11.7 Å². The summed E-state index contributed by atoms with van der Waals surface area (Å²) in [4.78, 5) is 22.2. The Morgan fingerprint density at radius 3 is 2.68 bits per heavy atom. The Morgan fingerprint density at radius 2 is 1.97 bits per heavy atom. The Kier molecular flexibility index (Phi) is 6.07. The predicted octanol–water partition coefficient (Wildman–Crippen LogP) is 3.54. The number of hydrogen-bond acceptors (Lipinski definition) is 6. The number of fused-ring (bicyclic) bond motifs is 1. The van der Waals surface area contributed by atoms with E-state index >= 15 is 0 Å². The average Bonchev–Trinajstić information content (AvgIpc) is 3.43. The number of hydrogen-bond donors (Lipinski definition) is 1. The van der Waals surface area contributed by atoms with E-state index in [9.17, 15) is 13.6 Å². The molecule has 2 aliphatic rings. The van der Waals surface area contributed by atoms with Crippen LogP contribution in [0.3, 0.4) is 0 Å². The lowest BCUT2D eigenvalue weighted by atomic mass is 9.98. The van der Waals surface area contributed by atoms with Crippen molar-refractivity contribution in [1.29, 1.82) is 0 Å². The second-order valence-electron chi connectivity index (χ2n) is 9.03. The number of aromatic nitrogens is 3. The van der Waals surface area contributed by atoms with Crippen LogP contribution in [-0.4, -0.2) is 57.7 Å². The third kappa shape index (κ3) is 4.42. The van der Waals surface area contributed by atoms with Crippen molar-refractivity contribution in [2.45, 2.75) is 51.3 Å². The number of piperidine rings is 1. The van der Waals surface area contributed by atoms with E-state index in [4.69, 9.17) is 15.8 Å². The Morgan fingerprint density at radius 1 is 1.18 bits per heavy atom. The Bertz CT molecular complexity index is 1180. The van der Waals surface area contributed by atoms with Gasteiger partial charge in [0.2, 0.25) is 0 Å². The van der Waals surface area contributed by atoms with E-state index in [0.29, 0.717) is 12.1 Å². The zero-order valence-electron chi connectivity index (χ0n) is 19.0. The molecule has 2 aliphatic heterocycles. The smallest absolute Gasteiger partial charge is 0.387 e. The van der Waals surface area contributed by atoms with Crippen molar-refractivity contribution >= 4 is 17.4 Å². The van der Waals surface area contributed by atoms with Gasteiger partial charge in [0.15, 0.2) is 5.65 Å². The van der Waals surface area contributed by atoms with Crippen LogP contribution in [0.5, 0.6) is 5.75 Å². The fourth-order valence-electron chi connectivity index (χ4n) is 4.91. The zero-order chi connectivity index (χ0) is 23.8. The van der Waals surface area contributed by atoms with Gasteiger partial charge in [-0.15, -0.1) is 0 Å². The van der Waals surface area contributed by atoms with Crippen LogP contribution in [-0.2, 0) is 0 Å². The maximum atomic E-state index is 13.3. The number of halogens is 2. The third-order valence-electron chi connectivity index (χ3n) is 6.58. The van der Waals surface area contributed by atoms with Gasteiger partial charge in [-0.05, 0) is 56.9 Å². The number of ether oxygens (including phenoxy) is 1. The van der Waals surface area contributed by atoms with E-state index in [1.54, 1.807) is 4.52 Å². The first-order chi connectivity index (χ1) is 16.4. The highest BCUT2D eigenvalue weighted by Crippen LogP contribution is 2.33. The molecule has 8 nitrogen and oxygen atoms in total. The number of amides is 1. The number of nitrogens with two attached hydrogens (primary N) is 1. The zero-order valence-corrected chi connectivity index (χ0v) is 19.0. The van der Waals surface area contributed by atoms with Crippen molar-refractivity contribution in [2.75, 3.05) is 24.5 Å². The molecule has 2 N–H and O–H groups in total. The maximum absolute atomic E-state index is 13.3. The second-order valence-corrected chi connectivity index (χ2v) is 9.03. The lowest BCUT2D eigenvalue weighted by Gasteiger charge is -2.34. The number of likely N-dealkylation sites (tertiary alicyclic amines) is 1. The topological polar surface area (TPSA) is 89.0 Å². The summed E-state index contributed by atoms with van der Waals surface area (Å²) in [6.45, 7) is 1.40. The minimum Gasteiger partial charge on any atom is -0.435 e. The Labute approximate surface area is 196 Å². The fourth-order valence-corrected chi connectivity index (χ4v) is 4.91. The molecule has 10 heteroatoms. The highest BCUT2D eigenvalue weighted by atomic mass is 19.3. The molecule has 0 radical (unpaired) electrons. The van der Waals surface area contributed by atoms with Gasteiger partial charge in [0, 0.05) is 49.1 Å². The molecular weight excluding hydrogens is 442 g/mol. The van der Waals surface area contributed by atoms with Crippen molar-refractivity contribution in [3.05, 3.63) is 53.3 Å². The first-order valence-corrected chi connectivity index (χ1v) is 11.6. The third-order valence-corrected chi connectivity index (χ3v) is 6.58. The summed E-state index contributed by atoms with van der Waals surface area (Å²) in [5.74, 6) is 0.800. The standard InChI is InChI=1S/C24H28F2N6O2/c1-15-13-32-21(28-22(15)30-11-9-17(27)14-30)12-19(29-32)20-4-2-3-10-31(20)23(33)16-5-7-18(8-6-16)34-24(25)26/h5-8,12-13,17,20,24H,2-4,9-11,14,27H2,1H3. The molecule has 2 aromatic heterocycles. The van der Waals surface area contributed by atoms with Gasteiger partial charge in [0.25, 0.3) is 5.91 Å². The van der Waals surface area contributed by atoms with Crippen LogP contribution >= 0.6 is 0 Å². The molecule has 34 heavy (non-hydrogen) atoms. The molecule has 2 fully saturated rings. The number of alkyl halides is 2. The molecule has 1 amide bonds. The summed E-state index contributed by atoms with van der Waals surface area (Å²) in [7, 11) is 0. The number of carbonyl (C=O) groups is 1. The van der Waals surface area contributed by atoms with Crippen LogP contribution in [0.4, 0.5) is 14.6 Å². The molecule has 2 atom stereocenters. The average molecular weight is 471 g/mol. The molecule has 3 aromatic rings. The van der Waals surface area contributed by atoms with Crippen LogP contribution in [0.1, 0.15) is 53.3 Å². The van der Waals surface area contributed by atoms with Gasteiger partial charge in [-0.1, -0.05) is 0 Å². The van der Waals surface area contributed by atoms with Gasteiger partial charge in [-0.3, -0.25) is 4.79 Å². The minimum atomic E-state index is -2.90. The van der Waals surface area contributed by atoms with E-state index in [0.717, 1.165) is 61.5 Å². The van der Waals surface area contributed by atoms with Crippen LogP contribution < -0.4 is 15.4 Å². The molecule has 0 aliphatic carbocycles. The Balaban J connectivity index is 1.41. The highest BCUT2D eigenvalue weighted by molar-refractivity contribution is 5.94. The van der Waals surface area contributed by atoms with Gasteiger partial charge < -0.3 is 20.3 Å². The maximum Gasteiger partial charge on any atom is 0.387 e. The summed E-state index contributed by atoms with van der Waals surface area (Å²) in [5.41, 5.74) is 9.08. The molecule has 2 saturated heterocycles. The minimum absolute atomic E-state index is 0.0262. The van der Waals surface area contributed by atoms with Crippen molar-refractivity contribution in [2.24, 2.45) is 5.73 Å². The van der Waals surface area contributed by atoms with Crippen molar-refractivity contribution in [3.63, 3.8) is 0 Å². The lowest BCUT2D eigenvalue weighted by Crippen LogP contribution is -2.38. The lowest BCUT2D eigenvalue weighted by molar-refractivity contribution is -0.0498. The SMILES string of the molecule is Cc1cn2nc(C3CCCCN3C(=O)c3ccc(OC(F)F)cc3)cc2nc1N1CCC(N)C1. The summed E-state index contributed by atoms with van der Waals surface area (Å²) in [5, 5.41) is 4.77. The molecule has 4 heterocycles. The van der Waals surface area contributed by atoms with Gasteiger partial charge in [-0.2, -0.15) is 13.9 Å². The normalized spacial score (nSPS) is 21.0. The number of anilines is 1. The van der Waals surface area contributed by atoms with Crippen LogP contribution in [0, 0.1) is 6.92 Å². The monoisotopic (exact) mass is 470 g/mol. The van der Waals surface area contributed by atoms with E-state index in [1.807, 2.05) is 24.1 Å². The van der Waals surface area contributed by atoms with Gasteiger partial charge in [0.1, 0.15) is 11.6 Å². The van der Waals surface area contributed by atoms with E-state index in [-0.39, 0.29) is 23.7 Å². The molecule has 0 spiro atoms. The number of benzene rings is 1. The van der Waals surface area contributed by atoms with Crippen molar-refractivity contribution < 1.29 is 18.3 Å². The number of aryl methyl sites for hydroxylation is 1. The quantitative estimate of drug-likeness (QED) is 0.614. The first-order valence-electron chi connectivity index (χ1n) is 11.6. The largest absolute Gasteiger partial charge is 0.435 e. The predicted molar refractivity (Wildman–Crippen MR) is 123 cm³/mol. The fraction of sp³-hybridized carbons (Fsp3) is 0.458.